The van der Waals surface area contributed by atoms with Crippen LogP contribution in [0.15, 0.2) is 23.3 Å². The van der Waals surface area contributed by atoms with Gasteiger partial charge in [-0.2, -0.15) is 0 Å². The molecule has 0 fully saturated rings. The highest BCUT2D eigenvalue weighted by atomic mass is 19.3. The molecule has 106 valence electrons. The topological polar surface area (TPSA) is 72.5 Å². The molecular formula is C12H18F2N4O. The monoisotopic (exact) mass is 272 g/mol. The summed E-state index contributed by atoms with van der Waals surface area (Å²) < 4.78 is 29.1. The van der Waals surface area contributed by atoms with Crippen LogP contribution in [0.2, 0.25) is 0 Å². The molecule has 0 aliphatic rings. The van der Waals surface area contributed by atoms with Gasteiger partial charge in [0.25, 0.3) is 6.43 Å². The lowest BCUT2D eigenvalue weighted by molar-refractivity contribution is 0.0791. The Morgan fingerprint density at radius 3 is 2.89 bits per heavy atom. The van der Waals surface area contributed by atoms with E-state index in [4.69, 9.17) is 10.5 Å². The van der Waals surface area contributed by atoms with Crippen molar-refractivity contribution in [1.82, 2.24) is 10.3 Å². The number of hydrogen-bond donors (Lipinski definition) is 2. The molecule has 0 spiro atoms. The van der Waals surface area contributed by atoms with Gasteiger partial charge in [-0.05, 0) is 19.9 Å². The highest BCUT2D eigenvalue weighted by Crippen LogP contribution is 2.16. The summed E-state index contributed by atoms with van der Waals surface area (Å²) in [5.41, 5.74) is 6.26. The Bertz CT molecular complexity index is 424. The van der Waals surface area contributed by atoms with Gasteiger partial charge in [-0.1, -0.05) is 6.07 Å². The van der Waals surface area contributed by atoms with E-state index in [0.29, 0.717) is 11.5 Å². The molecule has 0 aliphatic heterocycles. The van der Waals surface area contributed by atoms with Crippen LogP contribution in [0.4, 0.5) is 8.78 Å². The fraction of sp³-hybridized carbons (Fsp3) is 0.500. The van der Waals surface area contributed by atoms with Gasteiger partial charge in [0.15, 0.2) is 12.6 Å². The summed E-state index contributed by atoms with van der Waals surface area (Å²) in [7, 11) is 0. The minimum Gasteiger partial charge on any atom is -0.471 e. The number of rotatable bonds is 6. The first kappa shape index (κ1) is 15.1. The number of nitrogens with zero attached hydrogens (tertiary/aromatic N) is 2. The van der Waals surface area contributed by atoms with Gasteiger partial charge in [-0.15, -0.1) is 0 Å². The van der Waals surface area contributed by atoms with Crippen LogP contribution >= 0.6 is 0 Å². The molecule has 1 aromatic rings. The largest absolute Gasteiger partial charge is 0.471 e. The minimum absolute atomic E-state index is 0.156. The van der Waals surface area contributed by atoms with E-state index in [1.807, 2.05) is 13.8 Å². The van der Waals surface area contributed by atoms with E-state index in [9.17, 15) is 8.78 Å². The fourth-order valence-electron chi connectivity index (χ4n) is 1.33. The lowest BCUT2D eigenvalue weighted by atomic mass is 10.3. The molecule has 0 radical (unpaired) electrons. The Balaban J connectivity index is 2.67. The van der Waals surface area contributed by atoms with Gasteiger partial charge in [0.1, 0.15) is 0 Å². The third-order valence-corrected chi connectivity index (χ3v) is 2.05. The SMILES string of the molecule is CC(C)NC(N)=NCc1cccnc1OCC(F)F. The number of aromatic nitrogens is 1. The Labute approximate surface area is 110 Å². The van der Waals surface area contributed by atoms with Gasteiger partial charge in [-0.3, -0.25) is 0 Å². The first-order chi connectivity index (χ1) is 8.99. The van der Waals surface area contributed by atoms with Crippen LogP contribution in [0.5, 0.6) is 5.88 Å². The van der Waals surface area contributed by atoms with Crippen LogP contribution in [0, 0.1) is 0 Å². The second-order valence-corrected chi connectivity index (χ2v) is 4.17. The molecule has 0 amide bonds. The number of halogens is 2. The molecule has 1 heterocycles. The molecule has 0 bridgehead atoms. The third kappa shape index (κ3) is 5.98. The van der Waals surface area contributed by atoms with E-state index >= 15 is 0 Å². The highest BCUT2D eigenvalue weighted by Gasteiger charge is 2.08. The van der Waals surface area contributed by atoms with Crippen LogP contribution in [0.25, 0.3) is 0 Å². The van der Waals surface area contributed by atoms with Crippen LogP contribution < -0.4 is 15.8 Å². The molecule has 0 aromatic carbocycles. The molecule has 0 saturated carbocycles. The predicted octanol–water partition coefficient (Wildman–Crippen LogP) is 1.54. The van der Waals surface area contributed by atoms with E-state index < -0.39 is 13.0 Å². The van der Waals surface area contributed by atoms with E-state index in [1.54, 1.807) is 12.1 Å². The first-order valence-electron chi connectivity index (χ1n) is 5.90. The zero-order valence-electron chi connectivity index (χ0n) is 10.9. The molecule has 7 heteroatoms. The van der Waals surface area contributed by atoms with Crippen LogP contribution in [0.1, 0.15) is 19.4 Å². The number of aliphatic imine (C=N–C) groups is 1. The summed E-state index contributed by atoms with van der Waals surface area (Å²) in [6, 6.07) is 3.57. The number of hydrogen-bond acceptors (Lipinski definition) is 3. The molecule has 0 saturated heterocycles. The van der Waals surface area contributed by atoms with Crippen molar-refractivity contribution < 1.29 is 13.5 Å². The Morgan fingerprint density at radius 1 is 1.53 bits per heavy atom. The number of alkyl halides is 2. The van der Waals surface area contributed by atoms with Crippen LogP contribution in [0.3, 0.4) is 0 Å². The normalized spacial score (nSPS) is 12.0. The van der Waals surface area contributed by atoms with E-state index in [2.05, 4.69) is 15.3 Å². The zero-order valence-corrected chi connectivity index (χ0v) is 10.9. The van der Waals surface area contributed by atoms with Crippen molar-refractivity contribution in [3.05, 3.63) is 23.9 Å². The molecular weight excluding hydrogens is 254 g/mol. The maximum absolute atomic E-state index is 12.1. The summed E-state index contributed by atoms with van der Waals surface area (Å²) in [5, 5.41) is 2.93. The summed E-state index contributed by atoms with van der Waals surface area (Å²) in [5.74, 6) is 0.447. The molecule has 5 nitrogen and oxygen atoms in total. The van der Waals surface area contributed by atoms with Crippen molar-refractivity contribution in [2.45, 2.75) is 32.9 Å². The van der Waals surface area contributed by atoms with Crippen molar-refractivity contribution in [2.75, 3.05) is 6.61 Å². The van der Waals surface area contributed by atoms with Gasteiger partial charge in [0, 0.05) is 17.8 Å². The van der Waals surface area contributed by atoms with E-state index in [0.717, 1.165) is 0 Å². The lowest BCUT2D eigenvalue weighted by Crippen LogP contribution is -2.36. The van der Waals surface area contributed by atoms with Crippen LogP contribution in [-0.2, 0) is 6.54 Å². The average molecular weight is 272 g/mol. The zero-order chi connectivity index (χ0) is 14.3. The lowest BCUT2D eigenvalue weighted by Gasteiger charge is -2.10. The molecule has 0 unspecified atom stereocenters. The number of guanidine groups is 1. The summed E-state index contributed by atoms with van der Waals surface area (Å²) in [6.07, 6.45) is -1.06. The van der Waals surface area contributed by atoms with Gasteiger partial charge in [0.2, 0.25) is 5.88 Å². The third-order valence-electron chi connectivity index (χ3n) is 2.05. The Kier molecular flexibility index (Phi) is 5.98. The van der Waals surface area contributed by atoms with Crippen molar-refractivity contribution in [1.29, 1.82) is 0 Å². The Hall–Kier alpha value is -1.92. The first-order valence-corrected chi connectivity index (χ1v) is 5.90. The standard InChI is InChI=1S/C12H18F2N4O/c1-8(2)18-12(15)17-6-9-4-3-5-16-11(9)19-7-10(13)14/h3-5,8,10H,6-7H2,1-2H3,(H3,15,17,18). The van der Waals surface area contributed by atoms with Gasteiger partial charge < -0.3 is 15.8 Å². The summed E-state index contributed by atoms with van der Waals surface area (Å²) in [4.78, 5) is 8.00. The van der Waals surface area contributed by atoms with Gasteiger partial charge in [-0.25, -0.2) is 18.8 Å². The van der Waals surface area contributed by atoms with Crippen LogP contribution in [-0.4, -0.2) is 30.0 Å². The predicted molar refractivity (Wildman–Crippen MR) is 69.3 cm³/mol. The second-order valence-electron chi connectivity index (χ2n) is 4.17. The van der Waals surface area contributed by atoms with Crippen molar-refractivity contribution in [2.24, 2.45) is 10.7 Å². The number of nitrogens with one attached hydrogen (secondary N) is 1. The fourth-order valence-corrected chi connectivity index (χ4v) is 1.33. The number of pyridine rings is 1. The molecule has 0 atom stereocenters. The molecule has 19 heavy (non-hydrogen) atoms. The smallest absolute Gasteiger partial charge is 0.272 e. The van der Waals surface area contributed by atoms with Crippen molar-refractivity contribution in [3.8, 4) is 5.88 Å². The highest BCUT2D eigenvalue weighted by molar-refractivity contribution is 5.78. The minimum atomic E-state index is -2.54. The van der Waals surface area contributed by atoms with Crippen molar-refractivity contribution >= 4 is 5.96 Å². The maximum atomic E-state index is 12.1. The van der Waals surface area contributed by atoms with Gasteiger partial charge >= 0.3 is 0 Å². The number of nitrogens with two attached hydrogens (primary N) is 1. The van der Waals surface area contributed by atoms with Gasteiger partial charge in [0.05, 0.1) is 6.54 Å². The van der Waals surface area contributed by atoms with Crippen molar-refractivity contribution in [3.63, 3.8) is 0 Å². The Morgan fingerprint density at radius 2 is 2.26 bits per heavy atom. The average Bonchev–Trinajstić information content (AvgIpc) is 2.34. The maximum Gasteiger partial charge on any atom is 0.272 e. The molecule has 3 N–H and O–H groups in total. The second kappa shape index (κ2) is 7.50. The van der Waals surface area contributed by atoms with E-state index in [-0.39, 0.29) is 18.5 Å². The van der Waals surface area contributed by atoms with E-state index in [1.165, 1.54) is 6.20 Å². The molecule has 0 aliphatic carbocycles. The molecule has 1 rings (SSSR count). The number of ether oxygens (including phenoxy) is 1. The summed E-state index contributed by atoms with van der Waals surface area (Å²) >= 11 is 0. The molecule has 1 aromatic heterocycles. The summed E-state index contributed by atoms with van der Waals surface area (Å²) in [6.45, 7) is 3.40. The quantitative estimate of drug-likeness (QED) is 0.608.